The summed E-state index contributed by atoms with van der Waals surface area (Å²) in [5.41, 5.74) is 2.60. The molecule has 3 heterocycles. The highest BCUT2D eigenvalue weighted by Gasteiger charge is 2.31. The van der Waals surface area contributed by atoms with E-state index in [0.717, 1.165) is 42.9 Å². The fourth-order valence-corrected chi connectivity index (χ4v) is 4.34. The van der Waals surface area contributed by atoms with Crippen LogP contribution in [0.25, 0.3) is 11.0 Å². The topological polar surface area (TPSA) is 85.1 Å². The van der Waals surface area contributed by atoms with Gasteiger partial charge in [-0.2, -0.15) is 0 Å². The van der Waals surface area contributed by atoms with E-state index in [2.05, 4.69) is 22.8 Å². The second kappa shape index (κ2) is 8.49. The zero-order valence-corrected chi connectivity index (χ0v) is 16.9. The molecule has 0 spiro atoms. The van der Waals surface area contributed by atoms with Gasteiger partial charge in [-0.1, -0.05) is 6.07 Å². The quantitative estimate of drug-likeness (QED) is 0.756. The van der Waals surface area contributed by atoms with Crippen LogP contribution in [0.5, 0.6) is 0 Å². The van der Waals surface area contributed by atoms with Crippen molar-refractivity contribution in [2.75, 3.05) is 13.1 Å². The molecule has 8 heteroatoms. The highest BCUT2D eigenvalue weighted by Crippen LogP contribution is 2.25. The number of nitrogens with zero attached hydrogens (tertiary/aromatic N) is 2. The standard InChI is InChI=1S/C20H26N4O3.ClH/c1-23-17-12-14(3-2-13-8-10-21-11-9-13)4-5-15(17)24(20(23)27)16-6-7-18(25)22-19(16)26;/h4-5,12-13,16,21H,2-3,6-11H2,1H3,(H,22,25,26);1H. The number of imide groups is 1. The lowest BCUT2D eigenvalue weighted by molar-refractivity contribution is -0.135. The Bertz CT molecular complexity index is 943. The monoisotopic (exact) mass is 406 g/mol. The number of halogens is 1. The van der Waals surface area contributed by atoms with E-state index < -0.39 is 11.9 Å². The van der Waals surface area contributed by atoms with Crippen LogP contribution in [0, 0.1) is 5.92 Å². The summed E-state index contributed by atoms with van der Waals surface area (Å²) >= 11 is 0. The van der Waals surface area contributed by atoms with Crippen molar-refractivity contribution in [3.05, 3.63) is 34.2 Å². The number of hydrogen-bond acceptors (Lipinski definition) is 4. The van der Waals surface area contributed by atoms with Crippen LogP contribution in [0.4, 0.5) is 0 Å². The molecule has 2 aromatic rings. The van der Waals surface area contributed by atoms with Gasteiger partial charge in [0.15, 0.2) is 0 Å². The Labute approximate surface area is 169 Å². The predicted octanol–water partition coefficient (Wildman–Crippen LogP) is 1.67. The molecule has 4 rings (SSSR count). The van der Waals surface area contributed by atoms with E-state index in [9.17, 15) is 14.4 Å². The molecule has 2 amide bonds. The molecule has 1 atom stereocenters. The number of fused-ring (bicyclic) bond motifs is 1. The largest absolute Gasteiger partial charge is 0.329 e. The minimum absolute atomic E-state index is 0. The first-order valence-electron chi connectivity index (χ1n) is 9.79. The fraction of sp³-hybridized carbons (Fsp3) is 0.550. The lowest BCUT2D eigenvalue weighted by Crippen LogP contribution is -2.44. The van der Waals surface area contributed by atoms with Crippen molar-refractivity contribution in [3.63, 3.8) is 0 Å². The van der Waals surface area contributed by atoms with Gasteiger partial charge in [0.1, 0.15) is 6.04 Å². The molecular formula is C20H27ClN4O3. The number of hydrogen-bond donors (Lipinski definition) is 2. The van der Waals surface area contributed by atoms with Crippen molar-refractivity contribution >= 4 is 35.3 Å². The third-order valence-electron chi connectivity index (χ3n) is 5.98. The van der Waals surface area contributed by atoms with E-state index in [1.165, 1.54) is 23.0 Å². The van der Waals surface area contributed by atoms with Gasteiger partial charge in [0.05, 0.1) is 11.0 Å². The maximum Gasteiger partial charge on any atom is 0.329 e. The van der Waals surface area contributed by atoms with Crippen molar-refractivity contribution in [1.29, 1.82) is 0 Å². The van der Waals surface area contributed by atoms with Crippen LogP contribution in [0.3, 0.4) is 0 Å². The van der Waals surface area contributed by atoms with Crippen LogP contribution in [-0.2, 0) is 23.1 Å². The Morgan fingerprint density at radius 3 is 2.54 bits per heavy atom. The van der Waals surface area contributed by atoms with Crippen LogP contribution < -0.4 is 16.3 Å². The Morgan fingerprint density at radius 2 is 1.82 bits per heavy atom. The molecule has 0 saturated carbocycles. The highest BCUT2D eigenvalue weighted by atomic mass is 35.5. The molecule has 2 fully saturated rings. The zero-order valence-electron chi connectivity index (χ0n) is 16.1. The first kappa shape index (κ1) is 20.6. The van der Waals surface area contributed by atoms with Crippen LogP contribution in [0.15, 0.2) is 23.0 Å². The number of carbonyl (C=O) groups excluding carboxylic acids is 2. The van der Waals surface area contributed by atoms with E-state index in [0.29, 0.717) is 6.42 Å². The molecule has 28 heavy (non-hydrogen) atoms. The third-order valence-corrected chi connectivity index (χ3v) is 5.98. The molecule has 2 aliphatic heterocycles. The van der Waals surface area contributed by atoms with Crippen LogP contribution in [0.2, 0.25) is 0 Å². The number of nitrogens with one attached hydrogen (secondary N) is 2. The van der Waals surface area contributed by atoms with E-state index >= 15 is 0 Å². The molecule has 1 aromatic carbocycles. The zero-order chi connectivity index (χ0) is 19.0. The number of aryl methyl sites for hydroxylation is 2. The SMILES string of the molecule is Cl.Cn1c(=O)n(C2CCC(=O)NC2=O)c2ccc(CCC3CCNCC3)cc21. The van der Waals surface area contributed by atoms with Gasteiger partial charge in [0, 0.05) is 13.5 Å². The Balaban J connectivity index is 0.00000225. The summed E-state index contributed by atoms with van der Waals surface area (Å²) in [7, 11) is 1.74. The number of carbonyl (C=O) groups is 2. The van der Waals surface area contributed by atoms with Crippen molar-refractivity contribution in [3.8, 4) is 0 Å². The van der Waals surface area contributed by atoms with Gasteiger partial charge in [-0.25, -0.2) is 4.79 Å². The molecule has 0 aliphatic carbocycles. The Kier molecular flexibility index (Phi) is 6.25. The van der Waals surface area contributed by atoms with Gasteiger partial charge in [-0.3, -0.25) is 24.0 Å². The normalized spacial score (nSPS) is 20.8. The van der Waals surface area contributed by atoms with Crippen LogP contribution in [-0.4, -0.2) is 34.0 Å². The molecule has 1 unspecified atom stereocenters. The number of imidazole rings is 1. The molecule has 2 N–H and O–H groups in total. The van der Waals surface area contributed by atoms with Gasteiger partial charge >= 0.3 is 5.69 Å². The lowest BCUT2D eigenvalue weighted by atomic mass is 9.91. The summed E-state index contributed by atoms with van der Waals surface area (Å²) < 4.78 is 3.14. The van der Waals surface area contributed by atoms with Crippen molar-refractivity contribution < 1.29 is 9.59 Å². The summed E-state index contributed by atoms with van der Waals surface area (Å²) in [5.74, 6) is 0.0967. The molecule has 2 aliphatic rings. The van der Waals surface area contributed by atoms with E-state index in [1.54, 1.807) is 11.6 Å². The number of benzene rings is 1. The maximum absolute atomic E-state index is 12.8. The lowest BCUT2D eigenvalue weighted by Gasteiger charge is -2.22. The van der Waals surface area contributed by atoms with Gasteiger partial charge in [-0.15, -0.1) is 12.4 Å². The first-order valence-corrected chi connectivity index (χ1v) is 9.79. The number of aromatic nitrogens is 2. The van der Waals surface area contributed by atoms with Crippen LogP contribution in [0.1, 0.15) is 43.7 Å². The average molecular weight is 407 g/mol. The minimum atomic E-state index is -0.625. The number of piperidine rings is 2. The number of amides is 2. The second-order valence-corrected chi connectivity index (χ2v) is 7.73. The molecule has 1 aromatic heterocycles. The molecule has 0 radical (unpaired) electrons. The molecular weight excluding hydrogens is 380 g/mol. The smallest absolute Gasteiger partial charge is 0.317 e. The first-order chi connectivity index (χ1) is 13.0. The molecule has 7 nitrogen and oxygen atoms in total. The van der Waals surface area contributed by atoms with Gasteiger partial charge in [0.2, 0.25) is 11.8 Å². The summed E-state index contributed by atoms with van der Waals surface area (Å²) in [6, 6.07) is 5.45. The van der Waals surface area contributed by atoms with Gasteiger partial charge in [-0.05, 0) is 68.8 Å². The summed E-state index contributed by atoms with van der Waals surface area (Å²) in [4.78, 5) is 36.5. The van der Waals surface area contributed by atoms with E-state index in [-0.39, 0.29) is 30.4 Å². The second-order valence-electron chi connectivity index (χ2n) is 7.73. The molecule has 152 valence electrons. The van der Waals surface area contributed by atoms with Crippen molar-refractivity contribution in [1.82, 2.24) is 19.8 Å². The van der Waals surface area contributed by atoms with Crippen LogP contribution >= 0.6 is 12.4 Å². The minimum Gasteiger partial charge on any atom is -0.317 e. The van der Waals surface area contributed by atoms with Gasteiger partial charge in [0.25, 0.3) is 0 Å². The van der Waals surface area contributed by atoms with Crippen molar-refractivity contribution in [2.24, 2.45) is 13.0 Å². The van der Waals surface area contributed by atoms with Gasteiger partial charge < -0.3 is 5.32 Å². The fourth-order valence-electron chi connectivity index (χ4n) is 4.34. The Morgan fingerprint density at radius 1 is 1.07 bits per heavy atom. The summed E-state index contributed by atoms with van der Waals surface area (Å²) in [6.45, 7) is 2.21. The molecule has 0 bridgehead atoms. The number of rotatable bonds is 4. The predicted molar refractivity (Wildman–Crippen MR) is 110 cm³/mol. The maximum atomic E-state index is 12.8. The van der Waals surface area contributed by atoms with E-state index in [1.807, 2.05) is 6.07 Å². The average Bonchev–Trinajstić information content (AvgIpc) is 2.92. The Hall–Kier alpha value is -2.12. The van der Waals surface area contributed by atoms with E-state index in [4.69, 9.17) is 0 Å². The third kappa shape index (κ3) is 3.86. The molecule has 2 saturated heterocycles. The summed E-state index contributed by atoms with van der Waals surface area (Å²) in [5, 5.41) is 5.74. The van der Waals surface area contributed by atoms with Crippen molar-refractivity contribution in [2.45, 2.75) is 44.6 Å². The highest BCUT2D eigenvalue weighted by molar-refractivity contribution is 6.00. The summed E-state index contributed by atoms with van der Waals surface area (Å²) in [6.07, 6.45) is 5.24.